The summed E-state index contributed by atoms with van der Waals surface area (Å²) in [6.45, 7) is 0. The summed E-state index contributed by atoms with van der Waals surface area (Å²) in [5.74, 6) is -2.69. The Bertz CT molecular complexity index is 1540. The maximum atomic E-state index is 13.4. The average Bonchev–Trinajstić information content (AvgIpc) is 2.94. The van der Waals surface area contributed by atoms with Gasteiger partial charge in [-0.1, -0.05) is 66.7 Å². The molecule has 3 aromatic carbocycles. The highest BCUT2D eigenvalue weighted by atomic mass is 16.5. The fourth-order valence-corrected chi connectivity index (χ4v) is 5.45. The van der Waals surface area contributed by atoms with Crippen molar-refractivity contribution in [3.63, 3.8) is 0 Å². The quantitative estimate of drug-likeness (QED) is 0.510. The third-order valence-electron chi connectivity index (χ3n) is 6.96. The number of esters is 2. The molecule has 0 saturated heterocycles. The molecule has 0 aliphatic carbocycles. The zero-order valence-corrected chi connectivity index (χ0v) is 19.6. The fraction of sp³-hybridized carbons (Fsp3) is 0.172. The Morgan fingerprint density at radius 2 is 1.50 bits per heavy atom. The van der Waals surface area contributed by atoms with E-state index in [1.165, 1.54) is 19.1 Å². The molecule has 5 rings (SSSR count). The summed E-state index contributed by atoms with van der Waals surface area (Å²) in [5.41, 5.74) is 0.133. The molecule has 0 saturated carbocycles. The highest BCUT2D eigenvalue weighted by Gasteiger charge is 2.60. The summed E-state index contributed by atoms with van der Waals surface area (Å²) >= 11 is 0. The van der Waals surface area contributed by atoms with E-state index in [9.17, 15) is 20.1 Å². The van der Waals surface area contributed by atoms with Crippen molar-refractivity contribution in [3.05, 3.63) is 101 Å². The minimum atomic E-state index is -1.80. The van der Waals surface area contributed by atoms with Crippen LogP contribution in [-0.2, 0) is 19.1 Å². The lowest BCUT2D eigenvalue weighted by molar-refractivity contribution is -0.142. The third kappa shape index (κ3) is 3.10. The Morgan fingerprint density at radius 1 is 0.861 bits per heavy atom. The van der Waals surface area contributed by atoms with Crippen LogP contribution in [0.4, 0.5) is 0 Å². The van der Waals surface area contributed by atoms with Crippen molar-refractivity contribution in [2.45, 2.75) is 12.0 Å². The lowest BCUT2D eigenvalue weighted by atomic mass is 9.60. The van der Waals surface area contributed by atoms with Crippen LogP contribution in [0.15, 0.2) is 84.2 Å². The number of rotatable bonds is 3. The number of hydrogen-bond acceptors (Lipinski definition) is 7. The predicted octanol–water partition coefficient (Wildman–Crippen LogP) is 4.60. The third-order valence-corrected chi connectivity index (χ3v) is 6.96. The number of methoxy groups -OCH3 is 2. The fourth-order valence-electron chi connectivity index (χ4n) is 5.45. The molecular formula is C29H21N3O4. The summed E-state index contributed by atoms with van der Waals surface area (Å²) in [6, 6.07) is 24.1. The van der Waals surface area contributed by atoms with Gasteiger partial charge in [0.05, 0.1) is 43.9 Å². The van der Waals surface area contributed by atoms with Crippen LogP contribution in [0.3, 0.4) is 0 Å². The van der Waals surface area contributed by atoms with Crippen LogP contribution in [0.2, 0.25) is 0 Å². The van der Waals surface area contributed by atoms with Crippen LogP contribution < -0.4 is 0 Å². The first-order valence-electron chi connectivity index (χ1n) is 11.3. The Hall–Kier alpha value is -4.88. The normalized spacial score (nSPS) is 19.5. The van der Waals surface area contributed by atoms with Gasteiger partial charge < -0.3 is 14.4 Å². The second-order valence-electron chi connectivity index (χ2n) is 8.59. The van der Waals surface area contributed by atoms with E-state index < -0.39 is 29.3 Å². The molecule has 2 aliphatic heterocycles. The van der Waals surface area contributed by atoms with Crippen LogP contribution in [-0.4, -0.2) is 31.1 Å². The minimum Gasteiger partial charge on any atom is -0.466 e. The molecule has 7 heteroatoms. The summed E-state index contributed by atoms with van der Waals surface area (Å²) in [7, 11) is 2.43. The van der Waals surface area contributed by atoms with E-state index in [1.807, 2.05) is 60.7 Å². The van der Waals surface area contributed by atoms with Crippen molar-refractivity contribution in [1.82, 2.24) is 4.90 Å². The molecular weight excluding hydrogens is 454 g/mol. The van der Waals surface area contributed by atoms with E-state index in [0.717, 1.165) is 16.3 Å². The van der Waals surface area contributed by atoms with Gasteiger partial charge in [0, 0.05) is 6.20 Å². The molecule has 0 spiro atoms. The number of hydrogen-bond donors (Lipinski definition) is 0. The Balaban J connectivity index is 1.97. The van der Waals surface area contributed by atoms with Crippen molar-refractivity contribution < 1.29 is 19.1 Å². The lowest BCUT2D eigenvalue weighted by Crippen LogP contribution is -2.50. The summed E-state index contributed by atoms with van der Waals surface area (Å²) in [4.78, 5) is 28.2. The first kappa shape index (κ1) is 22.9. The Kier molecular flexibility index (Phi) is 5.54. The molecule has 0 bridgehead atoms. The highest BCUT2D eigenvalue weighted by molar-refractivity contribution is 6.03. The van der Waals surface area contributed by atoms with E-state index in [-0.39, 0.29) is 11.3 Å². The van der Waals surface area contributed by atoms with Crippen LogP contribution in [0.25, 0.3) is 16.8 Å². The van der Waals surface area contributed by atoms with Gasteiger partial charge in [-0.25, -0.2) is 9.59 Å². The first-order valence-corrected chi connectivity index (χ1v) is 11.3. The van der Waals surface area contributed by atoms with Gasteiger partial charge in [0.25, 0.3) is 0 Å². The van der Waals surface area contributed by atoms with Crippen molar-refractivity contribution in [2.24, 2.45) is 5.41 Å². The second-order valence-corrected chi connectivity index (χ2v) is 8.59. The van der Waals surface area contributed by atoms with Crippen molar-refractivity contribution >= 4 is 28.8 Å². The van der Waals surface area contributed by atoms with Crippen molar-refractivity contribution in [3.8, 4) is 12.1 Å². The van der Waals surface area contributed by atoms with E-state index in [1.54, 1.807) is 18.3 Å². The van der Waals surface area contributed by atoms with Gasteiger partial charge in [-0.15, -0.1) is 0 Å². The number of nitriles is 2. The zero-order valence-electron chi connectivity index (χ0n) is 19.6. The van der Waals surface area contributed by atoms with Crippen LogP contribution >= 0.6 is 0 Å². The van der Waals surface area contributed by atoms with Gasteiger partial charge in [-0.05, 0) is 33.5 Å². The monoisotopic (exact) mass is 475 g/mol. The molecule has 2 aliphatic rings. The maximum Gasteiger partial charge on any atom is 0.355 e. The average molecular weight is 476 g/mol. The van der Waals surface area contributed by atoms with Crippen LogP contribution in [0, 0.1) is 28.1 Å². The molecule has 3 aromatic rings. The molecule has 7 nitrogen and oxygen atoms in total. The number of fused-ring (bicyclic) bond motifs is 4. The Labute approximate surface area is 208 Å². The number of carbonyl (C=O) groups excluding carboxylic acids is 2. The van der Waals surface area contributed by atoms with Gasteiger partial charge in [0.15, 0.2) is 5.41 Å². The summed E-state index contributed by atoms with van der Waals surface area (Å²) < 4.78 is 10.2. The van der Waals surface area contributed by atoms with Gasteiger partial charge >= 0.3 is 11.9 Å². The molecule has 0 amide bonds. The van der Waals surface area contributed by atoms with Gasteiger partial charge in [-0.2, -0.15) is 10.5 Å². The molecule has 0 radical (unpaired) electrons. The van der Waals surface area contributed by atoms with Gasteiger partial charge in [0.1, 0.15) is 5.70 Å². The minimum absolute atomic E-state index is 0.0563. The second kappa shape index (κ2) is 8.72. The number of carbonyl (C=O) groups is 2. The lowest BCUT2D eigenvalue weighted by Gasteiger charge is -2.49. The maximum absolute atomic E-state index is 13.4. The number of ether oxygens (including phenoxy) is 2. The summed E-state index contributed by atoms with van der Waals surface area (Å²) in [5, 5.41) is 23.1. The van der Waals surface area contributed by atoms with Crippen molar-refractivity contribution in [2.75, 3.05) is 14.2 Å². The SMILES string of the molecule is COC(=O)C1=C(C(=O)OC)N2C=Cc3ccccc3[C@H]2C(C#N)(C#N)[C@H]1c1cccc2ccccc12. The molecule has 0 N–H and O–H groups in total. The molecule has 2 heterocycles. The topological polar surface area (TPSA) is 103 Å². The number of benzene rings is 3. The van der Waals surface area contributed by atoms with E-state index >= 15 is 0 Å². The molecule has 0 fully saturated rings. The Morgan fingerprint density at radius 3 is 2.22 bits per heavy atom. The van der Waals surface area contributed by atoms with Gasteiger partial charge in [0.2, 0.25) is 0 Å². The molecule has 0 aromatic heterocycles. The predicted molar refractivity (Wildman–Crippen MR) is 131 cm³/mol. The van der Waals surface area contributed by atoms with E-state index in [2.05, 4.69) is 12.1 Å². The zero-order chi connectivity index (χ0) is 25.4. The van der Waals surface area contributed by atoms with Gasteiger partial charge in [-0.3, -0.25) is 0 Å². The van der Waals surface area contributed by atoms with Crippen molar-refractivity contribution in [1.29, 1.82) is 10.5 Å². The molecule has 176 valence electrons. The standard InChI is InChI=1S/C29H21N3O4/c1-35-27(33)23-24(22-13-7-10-18-8-3-5-11-20(18)22)29(16-30,17-31)26-21-12-6-4-9-19(21)14-15-32(26)25(23)28(34)36-2/h3-15,24,26H,1-2H3/t24-,26-/m0/s1. The molecule has 0 unspecified atom stereocenters. The summed E-state index contributed by atoms with van der Waals surface area (Å²) in [6.07, 6.45) is 3.40. The smallest absolute Gasteiger partial charge is 0.355 e. The first-order chi connectivity index (χ1) is 17.5. The highest BCUT2D eigenvalue weighted by Crippen LogP contribution is 2.59. The molecule has 36 heavy (non-hydrogen) atoms. The van der Waals surface area contributed by atoms with E-state index in [0.29, 0.717) is 11.1 Å². The van der Waals surface area contributed by atoms with Crippen LogP contribution in [0.1, 0.15) is 28.7 Å². The number of nitrogens with zero attached hydrogens (tertiary/aromatic N) is 3. The largest absolute Gasteiger partial charge is 0.466 e. The van der Waals surface area contributed by atoms with E-state index in [4.69, 9.17) is 9.47 Å². The van der Waals surface area contributed by atoms with Crippen LogP contribution in [0.5, 0.6) is 0 Å². The molecule has 2 atom stereocenters.